The van der Waals surface area contributed by atoms with Gasteiger partial charge in [-0.3, -0.25) is 14.5 Å². The number of carbonyl (C=O) groups is 2. The van der Waals surface area contributed by atoms with Crippen LogP contribution < -0.4 is 15.4 Å². The number of sulfonamides is 1. The smallest absolute Gasteiger partial charge is 0.242 e. The molecule has 8 nitrogen and oxygen atoms in total. The molecule has 2 amide bonds. The number of rotatable bonds is 8. The van der Waals surface area contributed by atoms with E-state index in [1.54, 1.807) is 0 Å². The van der Waals surface area contributed by atoms with Crippen LogP contribution in [0.2, 0.25) is 0 Å². The van der Waals surface area contributed by atoms with Crippen molar-refractivity contribution in [3.8, 4) is 0 Å². The fourth-order valence-corrected chi connectivity index (χ4v) is 5.11. The number of piperidine rings is 1. The van der Waals surface area contributed by atoms with Crippen LogP contribution in [0.15, 0.2) is 53.4 Å². The van der Waals surface area contributed by atoms with E-state index in [0.717, 1.165) is 25.6 Å². The second-order valence-electron chi connectivity index (χ2n) is 8.72. The minimum Gasteiger partial charge on any atom is -0.326 e. The van der Waals surface area contributed by atoms with Crippen molar-refractivity contribution in [1.29, 1.82) is 0 Å². The molecule has 0 aromatic heterocycles. The Hall–Kier alpha value is -2.75. The van der Waals surface area contributed by atoms with Gasteiger partial charge in [0.25, 0.3) is 0 Å². The fourth-order valence-electron chi connectivity index (χ4n) is 3.91. The first-order valence-corrected chi connectivity index (χ1v) is 12.6. The van der Waals surface area contributed by atoms with E-state index in [1.807, 2.05) is 24.3 Å². The lowest BCUT2D eigenvalue weighted by Gasteiger charge is -2.30. The molecule has 178 valence electrons. The zero-order chi connectivity index (χ0) is 24.0. The minimum absolute atomic E-state index is 0.00707. The molecule has 0 aliphatic carbocycles. The molecular weight excluding hydrogens is 440 g/mol. The Morgan fingerprint density at radius 3 is 2.24 bits per heavy atom. The Morgan fingerprint density at radius 1 is 1.03 bits per heavy atom. The van der Waals surface area contributed by atoms with E-state index in [9.17, 15) is 18.0 Å². The third-order valence-corrected chi connectivity index (χ3v) is 7.14. The molecule has 9 heteroatoms. The normalized spacial score (nSPS) is 17.8. The third kappa shape index (κ3) is 7.38. The van der Waals surface area contributed by atoms with E-state index in [0.29, 0.717) is 11.4 Å². The Kier molecular flexibility index (Phi) is 8.23. The Labute approximate surface area is 195 Å². The molecule has 1 saturated heterocycles. The highest BCUT2D eigenvalue weighted by atomic mass is 32.2. The molecule has 2 aromatic carbocycles. The van der Waals surface area contributed by atoms with E-state index in [1.165, 1.54) is 56.5 Å². The Morgan fingerprint density at radius 2 is 1.64 bits per heavy atom. The molecule has 1 heterocycles. The lowest BCUT2D eigenvalue weighted by Crippen LogP contribution is -2.41. The highest BCUT2D eigenvalue weighted by Crippen LogP contribution is 2.19. The van der Waals surface area contributed by atoms with Crippen molar-refractivity contribution >= 4 is 33.2 Å². The third-order valence-electron chi connectivity index (χ3n) is 5.58. The number of hydrogen-bond donors (Lipinski definition) is 3. The quantitative estimate of drug-likeness (QED) is 0.547. The molecule has 2 aromatic rings. The van der Waals surface area contributed by atoms with Crippen molar-refractivity contribution in [2.45, 2.75) is 51.1 Å². The van der Waals surface area contributed by atoms with Crippen molar-refractivity contribution in [3.05, 3.63) is 54.1 Å². The van der Waals surface area contributed by atoms with Gasteiger partial charge in [-0.2, -0.15) is 4.72 Å². The van der Waals surface area contributed by atoms with Crippen LogP contribution in [0, 0.1) is 5.92 Å². The van der Waals surface area contributed by atoms with E-state index in [-0.39, 0.29) is 10.8 Å². The molecule has 0 radical (unpaired) electrons. The lowest BCUT2D eigenvalue weighted by atomic mass is 10.00. The van der Waals surface area contributed by atoms with Crippen LogP contribution in [0.3, 0.4) is 0 Å². The van der Waals surface area contributed by atoms with Crippen LogP contribution in [0.25, 0.3) is 0 Å². The Balaban J connectivity index is 1.54. The molecule has 1 fully saturated rings. The lowest BCUT2D eigenvalue weighted by molar-refractivity contribution is -0.117. The Bertz CT molecular complexity index is 1070. The highest BCUT2D eigenvalue weighted by Gasteiger charge is 2.22. The van der Waals surface area contributed by atoms with Gasteiger partial charge in [0.1, 0.15) is 0 Å². The molecule has 0 bridgehead atoms. The summed E-state index contributed by atoms with van der Waals surface area (Å²) in [5, 5.41) is 5.33. The number of nitrogens with zero attached hydrogens (tertiary/aromatic N) is 1. The molecule has 3 rings (SSSR count). The number of hydrogen-bond acceptors (Lipinski definition) is 5. The van der Waals surface area contributed by atoms with E-state index in [4.69, 9.17) is 0 Å². The second-order valence-corrected chi connectivity index (χ2v) is 10.4. The zero-order valence-electron chi connectivity index (χ0n) is 19.3. The maximum atomic E-state index is 12.6. The second kappa shape index (κ2) is 10.9. The zero-order valence-corrected chi connectivity index (χ0v) is 20.1. The summed E-state index contributed by atoms with van der Waals surface area (Å²) in [4.78, 5) is 26.1. The van der Waals surface area contributed by atoms with Crippen LogP contribution >= 0.6 is 0 Å². The fraction of sp³-hybridized carbons (Fsp3) is 0.417. The number of likely N-dealkylation sites (tertiary alicyclic amines) is 1. The summed E-state index contributed by atoms with van der Waals surface area (Å²) >= 11 is 0. The van der Waals surface area contributed by atoms with Gasteiger partial charge in [-0.05, 0) is 74.2 Å². The van der Waals surface area contributed by atoms with Gasteiger partial charge in [0.15, 0.2) is 0 Å². The molecule has 3 N–H and O–H groups in total. The summed E-state index contributed by atoms with van der Waals surface area (Å²) in [5.41, 5.74) is 2.28. The summed E-state index contributed by atoms with van der Waals surface area (Å²) in [5.74, 6) is 0.0203. The van der Waals surface area contributed by atoms with Gasteiger partial charge in [0.05, 0.1) is 10.9 Å². The van der Waals surface area contributed by atoms with Crippen LogP contribution in [0.4, 0.5) is 11.4 Å². The maximum Gasteiger partial charge on any atom is 0.242 e. The van der Waals surface area contributed by atoms with Gasteiger partial charge in [-0.1, -0.05) is 19.1 Å². The van der Waals surface area contributed by atoms with Crippen molar-refractivity contribution < 1.29 is 18.0 Å². The summed E-state index contributed by atoms with van der Waals surface area (Å²) in [6, 6.07) is 12.4. The molecule has 1 unspecified atom stereocenters. The van der Waals surface area contributed by atoms with Gasteiger partial charge in [0, 0.05) is 31.4 Å². The average molecular weight is 473 g/mol. The number of benzene rings is 2. The SMILES string of the molecule is CC(=O)Nc1ccc(S(=O)(=O)N[C@@H](C)C(=O)Nc2ccc(CN3CCCC(C)C3)cc2)cc1. The molecule has 33 heavy (non-hydrogen) atoms. The van der Waals surface area contributed by atoms with Crippen LogP contribution in [-0.4, -0.2) is 44.3 Å². The molecule has 0 spiro atoms. The van der Waals surface area contributed by atoms with Crippen molar-refractivity contribution in [2.75, 3.05) is 23.7 Å². The molecule has 1 aliphatic heterocycles. The largest absolute Gasteiger partial charge is 0.326 e. The number of carbonyl (C=O) groups excluding carboxylic acids is 2. The first kappa shape index (κ1) is 24.9. The van der Waals surface area contributed by atoms with Gasteiger partial charge in [0.2, 0.25) is 21.8 Å². The van der Waals surface area contributed by atoms with Gasteiger partial charge >= 0.3 is 0 Å². The standard InChI is InChI=1S/C24H32N4O4S/c1-17-5-4-14-28(15-17)16-20-6-8-22(9-7-20)26-24(30)18(2)27-33(31,32)23-12-10-21(11-13-23)25-19(3)29/h6-13,17-18,27H,4-5,14-16H2,1-3H3,(H,25,29)(H,26,30)/t17?,18-/m0/s1. The molecule has 0 saturated carbocycles. The maximum absolute atomic E-state index is 12.6. The van der Waals surface area contributed by atoms with Crippen LogP contribution in [0.1, 0.15) is 39.2 Å². The average Bonchev–Trinajstić information content (AvgIpc) is 2.75. The molecule has 2 atom stereocenters. The number of anilines is 2. The van der Waals surface area contributed by atoms with E-state index < -0.39 is 22.0 Å². The highest BCUT2D eigenvalue weighted by molar-refractivity contribution is 7.89. The van der Waals surface area contributed by atoms with Gasteiger partial charge in [-0.25, -0.2) is 8.42 Å². The summed E-state index contributed by atoms with van der Waals surface area (Å²) in [7, 11) is -3.90. The minimum atomic E-state index is -3.90. The first-order valence-electron chi connectivity index (χ1n) is 11.1. The van der Waals surface area contributed by atoms with Crippen molar-refractivity contribution in [1.82, 2.24) is 9.62 Å². The number of amides is 2. The van der Waals surface area contributed by atoms with Gasteiger partial charge < -0.3 is 10.6 Å². The topological polar surface area (TPSA) is 108 Å². The number of nitrogens with one attached hydrogen (secondary N) is 3. The van der Waals surface area contributed by atoms with E-state index in [2.05, 4.69) is 27.2 Å². The van der Waals surface area contributed by atoms with Crippen LogP contribution in [0.5, 0.6) is 0 Å². The summed E-state index contributed by atoms with van der Waals surface area (Å²) < 4.78 is 27.6. The summed E-state index contributed by atoms with van der Waals surface area (Å²) in [6.45, 7) is 8.23. The predicted octanol–water partition coefficient (Wildman–Crippen LogP) is 3.18. The van der Waals surface area contributed by atoms with Crippen molar-refractivity contribution in [2.24, 2.45) is 5.92 Å². The van der Waals surface area contributed by atoms with Crippen LogP contribution in [-0.2, 0) is 26.2 Å². The monoisotopic (exact) mass is 472 g/mol. The first-order chi connectivity index (χ1) is 15.6. The van der Waals surface area contributed by atoms with E-state index >= 15 is 0 Å². The molecular formula is C24H32N4O4S. The predicted molar refractivity (Wildman–Crippen MR) is 129 cm³/mol. The van der Waals surface area contributed by atoms with Crippen molar-refractivity contribution in [3.63, 3.8) is 0 Å². The van der Waals surface area contributed by atoms with Gasteiger partial charge in [-0.15, -0.1) is 0 Å². The summed E-state index contributed by atoms with van der Waals surface area (Å²) in [6.07, 6.45) is 2.51. The molecule has 1 aliphatic rings.